The Kier molecular flexibility index (Phi) is 4.84. The highest BCUT2D eigenvalue weighted by Crippen LogP contribution is 2.26. The fourth-order valence-corrected chi connectivity index (χ4v) is 2.12. The molecule has 2 rings (SSSR count). The van der Waals surface area contributed by atoms with Gasteiger partial charge in [-0.2, -0.15) is 0 Å². The van der Waals surface area contributed by atoms with Crippen molar-refractivity contribution in [3.63, 3.8) is 0 Å². The van der Waals surface area contributed by atoms with E-state index in [4.69, 9.17) is 21.2 Å². The molecule has 0 aliphatic carbocycles. The number of nitrogens with zero attached hydrogens (tertiary/aromatic N) is 1. The lowest BCUT2D eigenvalue weighted by atomic mass is 10.0. The number of ether oxygens (including phenoxy) is 1. The summed E-state index contributed by atoms with van der Waals surface area (Å²) in [4.78, 5) is 17.0. The molecule has 108 valence electrons. The first-order valence-corrected chi connectivity index (χ1v) is 6.87. The summed E-state index contributed by atoms with van der Waals surface area (Å²) in [6.07, 6.45) is 0.704. The summed E-state index contributed by atoms with van der Waals surface area (Å²) in [7, 11) is 1.58. The van der Waals surface area contributed by atoms with Crippen LogP contribution in [0.2, 0.25) is 5.02 Å². The normalized spacial score (nSPS) is 17.4. The van der Waals surface area contributed by atoms with E-state index in [0.717, 1.165) is 12.0 Å². The fourth-order valence-electron chi connectivity index (χ4n) is 1.89. The number of carbonyl (C=O) groups is 1. The number of carbonyl (C=O) groups excluding carboxylic acids is 1. The van der Waals surface area contributed by atoms with Crippen LogP contribution in [-0.4, -0.2) is 31.4 Å². The molecular weight excluding hydrogens is 280 g/mol. The highest BCUT2D eigenvalue weighted by molar-refractivity contribution is 6.34. The number of hydrogen-bond donors (Lipinski definition) is 1. The van der Waals surface area contributed by atoms with E-state index >= 15 is 0 Å². The van der Waals surface area contributed by atoms with Gasteiger partial charge >= 0.3 is 0 Å². The van der Waals surface area contributed by atoms with E-state index < -0.39 is 6.10 Å². The first-order chi connectivity index (χ1) is 9.65. The number of hydrogen-bond acceptors (Lipinski definition) is 4. The number of nitrogens with one attached hydrogen (secondary N) is 1. The number of halogens is 1. The lowest BCUT2D eigenvalue weighted by molar-refractivity contribution is -0.131. The zero-order chi connectivity index (χ0) is 14.5. The van der Waals surface area contributed by atoms with Crippen molar-refractivity contribution in [1.29, 1.82) is 0 Å². The summed E-state index contributed by atoms with van der Waals surface area (Å²) in [5, 5.41) is 7.32. The molecular formula is C14H17ClN2O3. The van der Waals surface area contributed by atoms with Crippen LogP contribution in [0.3, 0.4) is 0 Å². The molecule has 1 N–H and O–H groups in total. The van der Waals surface area contributed by atoms with E-state index in [9.17, 15) is 4.79 Å². The van der Waals surface area contributed by atoms with Gasteiger partial charge in [0.2, 0.25) is 6.10 Å². The van der Waals surface area contributed by atoms with Gasteiger partial charge in [0.25, 0.3) is 5.91 Å². The molecule has 6 heteroatoms. The zero-order valence-corrected chi connectivity index (χ0v) is 12.2. The third-order valence-corrected chi connectivity index (χ3v) is 3.32. The van der Waals surface area contributed by atoms with E-state index in [1.807, 2.05) is 6.92 Å². The monoisotopic (exact) mass is 296 g/mol. The van der Waals surface area contributed by atoms with E-state index in [1.54, 1.807) is 25.3 Å². The summed E-state index contributed by atoms with van der Waals surface area (Å²) >= 11 is 6.15. The predicted octanol–water partition coefficient (Wildman–Crippen LogP) is 2.37. The summed E-state index contributed by atoms with van der Waals surface area (Å²) in [5.41, 5.74) is 1.39. The smallest absolute Gasteiger partial charge is 0.264 e. The standard InChI is InChI=1S/C14H17ClN2O3/c1-3-6-16-14(18)13-8-12(17-20-13)10-7-9(19-2)4-5-11(10)15/h4-5,7,13H,3,6,8H2,1-2H3,(H,16,18). The Labute approximate surface area is 122 Å². The van der Waals surface area contributed by atoms with Gasteiger partial charge in [-0.3, -0.25) is 4.79 Å². The van der Waals surface area contributed by atoms with Crippen LogP contribution in [0, 0.1) is 0 Å². The van der Waals surface area contributed by atoms with Gasteiger partial charge in [0.05, 0.1) is 17.8 Å². The third kappa shape index (κ3) is 3.22. The Balaban J connectivity index is 2.07. The molecule has 5 nitrogen and oxygen atoms in total. The molecule has 20 heavy (non-hydrogen) atoms. The lowest BCUT2D eigenvalue weighted by Gasteiger charge is -2.08. The van der Waals surface area contributed by atoms with E-state index in [1.165, 1.54) is 0 Å². The predicted molar refractivity (Wildman–Crippen MR) is 77.3 cm³/mol. The van der Waals surface area contributed by atoms with Gasteiger partial charge in [-0.1, -0.05) is 23.7 Å². The topological polar surface area (TPSA) is 59.9 Å². The van der Waals surface area contributed by atoms with Gasteiger partial charge in [-0.05, 0) is 24.6 Å². The minimum absolute atomic E-state index is 0.149. The van der Waals surface area contributed by atoms with Gasteiger partial charge < -0.3 is 14.9 Å². The van der Waals surface area contributed by atoms with Gasteiger partial charge in [0, 0.05) is 18.5 Å². The fraction of sp³-hybridized carbons (Fsp3) is 0.429. The second kappa shape index (κ2) is 6.61. The maximum atomic E-state index is 11.8. The van der Waals surface area contributed by atoms with Crippen LogP contribution in [-0.2, 0) is 9.63 Å². The molecule has 1 amide bonds. The highest BCUT2D eigenvalue weighted by atomic mass is 35.5. The van der Waals surface area contributed by atoms with Crippen LogP contribution >= 0.6 is 11.6 Å². The first-order valence-electron chi connectivity index (χ1n) is 6.50. The molecule has 0 bridgehead atoms. The van der Waals surface area contributed by atoms with Crippen molar-refractivity contribution in [2.24, 2.45) is 5.16 Å². The summed E-state index contributed by atoms with van der Waals surface area (Å²) in [5.74, 6) is 0.538. The van der Waals surface area contributed by atoms with E-state index in [0.29, 0.717) is 29.4 Å². The van der Waals surface area contributed by atoms with Crippen LogP contribution in [0.5, 0.6) is 5.75 Å². The van der Waals surface area contributed by atoms with Crippen molar-refractivity contribution in [3.8, 4) is 5.75 Å². The van der Waals surface area contributed by atoms with Gasteiger partial charge in [0.15, 0.2) is 0 Å². The van der Waals surface area contributed by atoms with Crippen molar-refractivity contribution in [2.75, 3.05) is 13.7 Å². The molecule has 0 saturated carbocycles. The van der Waals surface area contributed by atoms with Gasteiger partial charge in [0.1, 0.15) is 5.75 Å². The molecule has 1 atom stereocenters. The molecule has 1 aromatic rings. The van der Waals surface area contributed by atoms with Crippen LogP contribution < -0.4 is 10.1 Å². The number of amides is 1. The molecule has 1 aromatic carbocycles. The average Bonchev–Trinajstić information content (AvgIpc) is 2.95. The van der Waals surface area contributed by atoms with Crippen LogP contribution in [0.1, 0.15) is 25.3 Å². The van der Waals surface area contributed by atoms with Crippen LogP contribution in [0.15, 0.2) is 23.4 Å². The quantitative estimate of drug-likeness (QED) is 0.907. The maximum absolute atomic E-state index is 11.8. The number of rotatable bonds is 5. The van der Waals surface area contributed by atoms with Crippen molar-refractivity contribution in [2.45, 2.75) is 25.9 Å². The minimum atomic E-state index is -0.584. The van der Waals surface area contributed by atoms with Crippen molar-refractivity contribution in [3.05, 3.63) is 28.8 Å². The Bertz CT molecular complexity index is 531. The summed E-state index contributed by atoms with van der Waals surface area (Å²) in [6, 6.07) is 5.30. The number of benzene rings is 1. The average molecular weight is 297 g/mol. The SMILES string of the molecule is CCCNC(=O)C1CC(c2cc(OC)ccc2Cl)=NO1. The molecule has 0 saturated heterocycles. The third-order valence-electron chi connectivity index (χ3n) is 2.99. The molecule has 0 radical (unpaired) electrons. The van der Waals surface area contributed by atoms with Crippen LogP contribution in [0.4, 0.5) is 0 Å². The van der Waals surface area contributed by atoms with Gasteiger partial charge in [-0.25, -0.2) is 0 Å². The van der Waals surface area contributed by atoms with Crippen molar-refractivity contribution < 1.29 is 14.4 Å². The molecule has 1 aliphatic rings. The summed E-state index contributed by atoms with van der Waals surface area (Å²) < 4.78 is 5.16. The molecule has 1 heterocycles. The second-order valence-corrected chi connectivity index (χ2v) is 4.88. The van der Waals surface area contributed by atoms with Crippen molar-refractivity contribution >= 4 is 23.2 Å². The minimum Gasteiger partial charge on any atom is -0.497 e. The molecule has 0 aromatic heterocycles. The van der Waals surface area contributed by atoms with Crippen LogP contribution in [0.25, 0.3) is 0 Å². The maximum Gasteiger partial charge on any atom is 0.264 e. The highest BCUT2D eigenvalue weighted by Gasteiger charge is 2.29. The lowest BCUT2D eigenvalue weighted by Crippen LogP contribution is -2.35. The number of methoxy groups -OCH3 is 1. The Hall–Kier alpha value is -1.75. The Morgan fingerprint density at radius 2 is 2.40 bits per heavy atom. The largest absolute Gasteiger partial charge is 0.497 e. The molecule has 1 aliphatic heterocycles. The second-order valence-electron chi connectivity index (χ2n) is 4.47. The van der Waals surface area contributed by atoms with E-state index in [-0.39, 0.29) is 5.91 Å². The summed E-state index contributed by atoms with van der Waals surface area (Å²) in [6.45, 7) is 2.63. The van der Waals surface area contributed by atoms with Gasteiger partial charge in [-0.15, -0.1) is 0 Å². The van der Waals surface area contributed by atoms with E-state index in [2.05, 4.69) is 10.5 Å². The molecule has 0 fully saturated rings. The zero-order valence-electron chi connectivity index (χ0n) is 11.5. The molecule has 1 unspecified atom stereocenters. The van der Waals surface area contributed by atoms with Crippen molar-refractivity contribution in [1.82, 2.24) is 5.32 Å². The molecule has 0 spiro atoms. The first kappa shape index (κ1) is 14.7. The Morgan fingerprint density at radius 1 is 1.60 bits per heavy atom. The number of oxime groups is 1. The Morgan fingerprint density at radius 3 is 3.10 bits per heavy atom.